The highest BCUT2D eigenvalue weighted by atomic mass is 15.0. The zero-order valence-corrected chi connectivity index (χ0v) is 12.1. The second-order valence-electron chi connectivity index (χ2n) is 6.21. The van der Waals surface area contributed by atoms with E-state index in [4.69, 9.17) is 4.98 Å². The molecular formula is C17H26N2. The van der Waals surface area contributed by atoms with Crippen LogP contribution in [0.2, 0.25) is 0 Å². The highest BCUT2D eigenvalue weighted by Gasteiger charge is 2.23. The second-order valence-corrected chi connectivity index (χ2v) is 6.21. The van der Waals surface area contributed by atoms with E-state index in [9.17, 15) is 0 Å². The minimum absolute atomic E-state index is 0.618. The van der Waals surface area contributed by atoms with Gasteiger partial charge in [-0.25, -0.2) is 4.98 Å². The van der Waals surface area contributed by atoms with Crippen molar-refractivity contribution in [2.75, 3.05) is 5.32 Å². The molecule has 19 heavy (non-hydrogen) atoms. The molecule has 3 rings (SSSR count). The van der Waals surface area contributed by atoms with E-state index in [0.29, 0.717) is 6.04 Å². The van der Waals surface area contributed by atoms with Crippen LogP contribution in [-0.2, 0) is 12.8 Å². The van der Waals surface area contributed by atoms with Crippen molar-refractivity contribution in [3.05, 3.63) is 23.4 Å². The van der Waals surface area contributed by atoms with Crippen LogP contribution in [0, 0.1) is 5.92 Å². The first-order valence-corrected chi connectivity index (χ1v) is 8.12. The van der Waals surface area contributed by atoms with Crippen molar-refractivity contribution in [3.63, 3.8) is 0 Å². The van der Waals surface area contributed by atoms with Crippen LogP contribution in [-0.4, -0.2) is 11.0 Å². The maximum absolute atomic E-state index is 4.82. The normalized spacial score (nSPS) is 21.1. The van der Waals surface area contributed by atoms with Crippen molar-refractivity contribution in [2.45, 2.75) is 70.8 Å². The van der Waals surface area contributed by atoms with E-state index < -0.39 is 0 Å². The predicted octanol–water partition coefficient (Wildman–Crippen LogP) is 4.34. The van der Waals surface area contributed by atoms with Crippen LogP contribution in [0.25, 0.3) is 0 Å². The first-order chi connectivity index (χ1) is 9.36. The Morgan fingerprint density at radius 3 is 2.79 bits per heavy atom. The highest BCUT2D eigenvalue weighted by Crippen LogP contribution is 2.30. The standard InChI is InChI=1S/C17H26N2/c1-2-15(13-7-4-3-5-8-13)18-17-12-11-14-9-6-10-16(14)19-17/h11-13,15H,2-10H2,1H3,(H,18,19). The molecule has 0 aliphatic heterocycles. The van der Waals surface area contributed by atoms with Crippen molar-refractivity contribution < 1.29 is 0 Å². The minimum atomic E-state index is 0.618. The number of hydrogen-bond acceptors (Lipinski definition) is 2. The molecule has 2 heteroatoms. The highest BCUT2D eigenvalue weighted by molar-refractivity contribution is 5.41. The summed E-state index contributed by atoms with van der Waals surface area (Å²) >= 11 is 0. The monoisotopic (exact) mass is 258 g/mol. The van der Waals surface area contributed by atoms with Crippen LogP contribution < -0.4 is 5.32 Å². The number of fused-ring (bicyclic) bond motifs is 1. The molecule has 0 radical (unpaired) electrons. The quantitative estimate of drug-likeness (QED) is 0.869. The van der Waals surface area contributed by atoms with Gasteiger partial charge in [0.15, 0.2) is 0 Å². The van der Waals surface area contributed by atoms with Crippen LogP contribution in [0.1, 0.15) is 63.1 Å². The maximum atomic E-state index is 4.82. The summed E-state index contributed by atoms with van der Waals surface area (Å²) in [7, 11) is 0. The molecule has 1 fully saturated rings. The summed E-state index contributed by atoms with van der Waals surface area (Å²) in [6.07, 6.45) is 12.0. The van der Waals surface area contributed by atoms with Gasteiger partial charge in [0.2, 0.25) is 0 Å². The van der Waals surface area contributed by atoms with Crippen LogP contribution in [0.4, 0.5) is 5.82 Å². The molecule has 1 atom stereocenters. The molecule has 1 aromatic rings. The molecule has 104 valence electrons. The number of rotatable bonds is 4. The van der Waals surface area contributed by atoms with E-state index in [1.165, 1.54) is 69.0 Å². The molecule has 1 saturated carbocycles. The van der Waals surface area contributed by atoms with Crippen LogP contribution in [0.3, 0.4) is 0 Å². The molecule has 2 aliphatic carbocycles. The van der Waals surface area contributed by atoms with E-state index in [1.807, 2.05) is 0 Å². The summed E-state index contributed by atoms with van der Waals surface area (Å²) in [6.45, 7) is 2.31. The molecule has 1 N–H and O–H groups in total. The molecular weight excluding hydrogens is 232 g/mol. The van der Waals surface area contributed by atoms with Gasteiger partial charge < -0.3 is 5.32 Å². The molecule has 0 saturated heterocycles. The summed E-state index contributed by atoms with van der Waals surface area (Å²) in [5.41, 5.74) is 2.81. The fraction of sp³-hybridized carbons (Fsp3) is 0.706. The fourth-order valence-electron chi connectivity index (χ4n) is 3.78. The smallest absolute Gasteiger partial charge is 0.126 e. The van der Waals surface area contributed by atoms with E-state index in [0.717, 1.165) is 11.7 Å². The lowest BCUT2D eigenvalue weighted by atomic mass is 9.83. The average Bonchev–Trinajstić information content (AvgIpc) is 2.93. The van der Waals surface area contributed by atoms with Gasteiger partial charge in [-0.05, 0) is 56.1 Å². The molecule has 0 spiro atoms. The van der Waals surface area contributed by atoms with Gasteiger partial charge in [0.1, 0.15) is 5.82 Å². The lowest BCUT2D eigenvalue weighted by Gasteiger charge is -2.30. The fourth-order valence-corrected chi connectivity index (χ4v) is 3.78. The van der Waals surface area contributed by atoms with E-state index in [2.05, 4.69) is 24.4 Å². The van der Waals surface area contributed by atoms with Gasteiger partial charge in [-0.2, -0.15) is 0 Å². The van der Waals surface area contributed by atoms with Gasteiger partial charge in [0.25, 0.3) is 0 Å². The number of aromatic nitrogens is 1. The summed E-state index contributed by atoms with van der Waals surface area (Å²) in [5.74, 6) is 1.96. The number of nitrogens with one attached hydrogen (secondary N) is 1. The summed E-state index contributed by atoms with van der Waals surface area (Å²) < 4.78 is 0. The Bertz CT molecular complexity index is 421. The van der Waals surface area contributed by atoms with E-state index >= 15 is 0 Å². The van der Waals surface area contributed by atoms with Crippen molar-refractivity contribution in [1.29, 1.82) is 0 Å². The Morgan fingerprint density at radius 2 is 2.00 bits per heavy atom. The van der Waals surface area contributed by atoms with Crippen LogP contribution >= 0.6 is 0 Å². The molecule has 0 aromatic carbocycles. The largest absolute Gasteiger partial charge is 0.367 e. The Kier molecular flexibility index (Phi) is 4.05. The van der Waals surface area contributed by atoms with Crippen molar-refractivity contribution in [2.24, 2.45) is 5.92 Å². The second kappa shape index (κ2) is 5.94. The number of aryl methyl sites for hydroxylation is 2. The van der Waals surface area contributed by atoms with E-state index in [-0.39, 0.29) is 0 Å². The molecule has 2 aliphatic rings. The van der Waals surface area contributed by atoms with Crippen molar-refractivity contribution in [1.82, 2.24) is 4.98 Å². The molecule has 1 heterocycles. The van der Waals surface area contributed by atoms with Crippen LogP contribution in [0.15, 0.2) is 12.1 Å². The van der Waals surface area contributed by atoms with Gasteiger partial charge in [-0.15, -0.1) is 0 Å². The Hall–Kier alpha value is -1.05. The molecule has 2 nitrogen and oxygen atoms in total. The van der Waals surface area contributed by atoms with Crippen molar-refractivity contribution >= 4 is 5.82 Å². The molecule has 1 aromatic heterocycles. The van der Waals surface area contributed by atoms with Gasteiger partial charge in [0, 0.05) is 11.7 Å². The topological polar surface area (TPSA) is 24.9 Å². The van der Waals surface area contributed by atoms with Gasteiger partial charge in [0.05, 0.1) is 0 Å². The van der Waals surface area contributed by atoms with Crippen molar-refractivity contribution in [3.8, 4) is 0 Å². The molecule has 0 amide bonds. The number of hydrogen-bond donors (Lipinski definition) is 1. The summed E-state index contributed by atoms with van der Waals surface area (Å²) in [5, 5.41) is 3.72. The van der Waals surface area contributed by atoms with Crippen LogP contribution in [0.5, 0.6) is 0 Å². The third-order valence-electron chi connectivity index (χ3n) is 4.92. The number of pyridine rings is 1. The summed E-state index contributed by atoms with van der Waals surface area (Å²) in [6, 6.07) is 5.09. The minimum Gasteiger partial charge on any atom is -0.367 e. The maximum Gasteiger partial charge on any atom is 0.126 e. The third kappa shape index (κ3) is 2.93. The SMILES string of the molecule is CCC(Nc1ccc2c(n1)CCC2)C1CCCCC1. The predicted molar refractivity (Wildman–Crippen MR) is 80.5 cm³/mol. The third-order valence-corrected chi connectivity index (χ3v) is 4.92. The Balaban J connectivity index is 1.68. The Labute approximate surface area is 117 Å². The lowest BCUT2D eigenvalue weighted by molar-refractivity contribution is 0.312. The first kappa shape index (κ1) is 13.0. The van der Waals surface area contributed by atoms with Gasteiger partial charge >= 0.3 is 0 Å². The van der Waals surface area contributed by atoms with Gasteiger partial charge in [-0.3, -0.25) is 0 Å². The average molecular weight is 258 g/mol. The lowest BCUT2D eigenvalue weighted by Crippen LogP contribution is -2.30. The summed E-state index contributed by atoms with van der Waals surface area (Å²) in [4.78, 5) is 4.82. The Morgan fingerprint density at radius 1 is 1.16 bits per heavy atom. The molecule has 1 unspecified atom stereocenters. The molecule has 0 bridgehead atoms. The number of nitrogens with zero attached hydrogens (tertiary/aromatic N) is 1. The first-order valence-electron chi connectivity index (χ1n) is 8.12. The number of anilines is 1. The van der Waals surface area contributed by atoms with E-state index in [1.54, 1.807) is 0 Å². The zero-order valence-electron chi connectivity index (χ0n) is 12.1. The zero-order chi connectivity index (χ0) is 13.1. The van der Waals surface area contributed by atoms with Gasteiger partial charge in [-0.1, -0.05) is 32.3 Å².